The van der Waals surface area contributed by atoms with Crippen molar-refractivity contribution in [3.63, 3.8) is 0 Å². The van der Waals surface area contributed by atoms with Crippen LogP contribution in [0.4, 0.5) is 4.79 Å². The predicted octanol–water partition coefficient (Wildman–Crippen LogP) is -0.328. The Bertz CT molecular complexity index is 471. The van der Waals surface area contributed by atoms with Gasteiger partial charge in [0, 0.05) is 27.7 Å². The van der Waals surface area contributed by atoms with Gasteiger partial charge in [0.2, 0.25) is 0 Å². The Kier molecular flexibility index (Phi) is 3.21. The van der Waals surface area contributed by atoms with Crippen LogP contribution in [0, 0.1) is 0 Å². The molecule has 0 aliphatic carbocycles. The van der Waals surface area contributed by atoms with Gasteiger partial charge in [0.05, 0.1) is 0 Å². The number of fused-ring (bicyclic) bond motifs is 1. The number of hydrogen-bond acceptors (Lipinski definition) is 5. The molecule has 1 fully saturated rings. The first-order valence-electron chi connectivity index (χ1n) is 6.06. The molecule has 0 aromatic carbocycles. The van der Waals surface area contributed by atoms with Crippen LogP contribution in [0.1, 0.15) is 6.92 Å². The fourth-order valence-corrected chi connectivity index (χ4v) is 2.34. The van der Waals surface area contributed by atoms with E-state index in [0.717, 1.165) is 5.57 Å². The zero-order valence-electron chi connectivity index (χ0n) is 11.7. The largest absolute Gasteiger partial charge is 0.349 e. The first-order chi connectivity index (χ1) is 8.82. The molecular weight excluding hydrogens is 246 g/mol. The monoisotopic (exact) mass is 265 g/mol. The number of carbonyl (C=O) groups is 2. The van der Waals surface area contributed by atoms with Gasteiger partial charge in [-0.1, -0.05) is 12.2 Å². The smallest absolute Gasteiger partial charge is 0.325 e. The summed E-state index contributed by atoms with van der Waals surface area (Å²) in [5, 5.41) is 2.35. The molecule has 0 radical (unpaired) electrons. The third-order valence-electron chi connectivity index (χ3n) is 3.18. The minimum atomic E-state index is -0.489. The predicted molar refractivity (Wildman–Crippen MR) is 71.5 cm³/mol. The summed E-state index contributed by atoms with van der Waals surface area (Å²) in [6, 6.07) is -0.901. The second kappa shape index (κ2) is 4.56. The maximum atomic E-state index is 12.1. The third-order valence-corrected chi connectivity index (χ3v) is 3.18. The van der Waals surface area contributed by atoms with Gasteiger partial charge in [0.25, 0.3) is 5.91 Å². The topological polar surface area (TPSA) is 68.2 Å². The Morgan fingerprint density at radius 2 is 2.11 bits per heavy atom. The molecule has 7 heteroatoms. The molecule has 2 aliphatic heterocycles. The van der Waals surface area contributed by atoms with Gasteiger partial charge in [-0.05, 0) is 6.92 Å². The molecule has 3 amide bonds. The number of likely N-dealkylation sites (N-methyl/N-ethyl adjacent to an activating group) is 1. The Balaban J connectivity index is 2.37. The number of urea groups is 1. The number of imide groups is 1. The van der Waals surface area contributed by atoms with Gasteiger partial charge in [-0.2, -0.15) is 0 Å². The van der Waals surface area contributed by atoms with Crippen LogP contribution in [-0.2, 0) is 4.79 Å². The number of aliphatic imine (C=N–C) groups is 1. The Morgan fingerprint density at radius 3 is 2.63 bits per heavy atom. The Labute approximate surface area is 112 Å². The summed E-state index contributed by atoms with van der Waals surface area (Å²) in [7, 11) is 5.36. The van der Waals surface area contributed by atoms with Crippen molar-refractivity contribution in [3.8, 4) is 0 Å². The van der Waals surface area contributed by atoms with Crippen LogP contribution < -0.4 is 5.32 Å². The molecule has 0 aromatic rings. The van der Waals surface area contributed by atoms with Crippen molar-refractivity contribution in [2.75, 3.05) is 27.7 Å². The van der Waals surface area contributed by atoms with Gasteiger partial charge < -0.3 is 14.7 Å². The first kappa shape index (κ1) is 13.4. The zero-order chi connectivity index (χ0) is 14.3. The van der Waals surface area contributed by atoms with Crippen LogP contribution in [-0.4, -0.2) is 72.5 Å². The second-order valence-corrected chi connectivity index (χ2v) is 5.17. The highest BCUT2D eigenvalue weighted by molar-refractivity contribution is 6.03. The van der Waals surface area contributed by atoms with E-state index in [1.54, 1.807) is 7.05 Å². The molecule has 1 N–H and O–H groups in total. The number of nitrogens with one attached hydrogen (secondary N) is 1. The molecule has 1 saturated heterocycles. The fraction of sp³-hybridized carbons (Fsp3) is 0.583. The van der Waals surface area contributed by atoms with Gasteiger partial charge in [0.1, 0.15) is 0 Å². The van der Waals surface area contributed by atoms with Crippen LogP contribution in [0.2, 0.25) is 0 Å². The van der Waals surface area contributed by atoms with E-state index < -0.39 is 18.2 Å². The highest BCUT2D eigenvalue weighted by Crippen LogP contribution is 2.25. The normalized spacial score (nSPS) is 26.0. The van der Waals surface area contributed by atoms with Gasteiger partial charge in [-0.15, -0.1) is 0 Å². The highest BCUT2D eigenvalue weighted by Gasteiger charge is 2.48. The van der Waals surface area contributed by atoms with E-state index in [2.05, 4.69) is 16.9 Å². The van der Waals surface area contributed by atoms with Crippen molar-refractivity contribution in [2.45, 2.75) is 19.1 Å². The van der Waals surface area contributed by atoms with Crippen molar-refractivity contribution < 1.29 is 9.59 Å². The minimum Gasteiger partial charge on any atom is -0.349 e. The maximum absolute atomic E-state index is 12.1. The summed E-state index contributed by atoms with van der Waals surface area (Å²) < 4.78 is 0. The molecule has 0 spiro atoms. The molecule has 0 aromatic heterocycles. The van der Waals surface area contributed by atoms with Gasteiger partial charge in [-0.25, -0.2) is 9.79 Å². The van der Waals surface area contributed by atoms with Gasteiger partial charge >= 0.3 is 6.03 Å². The Morgan fingerprint density at radius 1 is 1.47 bits per heavy atom. The van der Waals surface area contributed by atoms with Crippen LogP contribution >= 0.6 is 0 Å². The quantitative estimate of drug-likeness (QED) is 0.694. The summed E-state index contributed by atoms with van der Waals surface area (Å²) in [5.74, 6) is 0.379. The molecule has 2 aliphatic rings. The van der Waals surface area contributed by atoms with Crippen molar-refractivity contribution in [3.05, 3.63) is 12.2 Å². The third kappa shape index (κ3) is 2.16. The van der Waals surface area contributed by atoms with E-state index in [-0.39, 0.29) is 5.91 Å². The average molecular weight is 265 g/mol. The number of carbonyl (C=O) groups excluding carboxylic acids is 2. The molecule has 2 rings (SSSR count). The number of hydrogen-bond donors (Lipinski definition) is 1. The Hall–Kier alpha value is -2.05. The van der Waals surface area contributed by atoms with E-state index in [9.17, 15) is 9.59 Å². The fourth-order valence-electron chi connectivity index (χ4n) is 2.34. The van der Waals surface area contributed by atoms with E-state index >= 15 is 0 Å². The summed E-state index contributed by atoms with van der Waals surface area (Å²) in [5.41, 5.74) is 0.933. The molecule has 19 heavy (non-hydrogen) atoms. The number of nitrogens with zero attached hydrogens (tertiary/aromatic N) is 4. The molecule has 7 nitrogen and oxygen atoms in total. The molecule has 2 heterocycles. The number of rotatable bonds is 2. The summed E-state index contributed by atoms with van der Waals surface area (Å²) in [4.78, 5) is 33.4. The molecular formula is C12H19N5O2. The number of amides is 3. The standard InChI is InChI=1S/C12H19N5O2/c1-7(2)6-17-8-9(13-11(17)15(3)4)16(5)12(19)14-10(8)18/h8-9H,1,6H2,2-5H3,(H,14,18,19). The van der Waals surface area contributed by atoms with Crippen LogP contribution in [0.25, 0.3) is 0 Å². The summed E-state index contributed by atoms with van der Waals surface area (Å²) in [6.45, 7) is 6.32. The van der Waals surface area contributed by atoms with Gasteiger partial charge in [0.15, 0.2) is 18.2 Å². The molecule has 2 atom stereocenters. The van der Waals surface area contributed by atoms with E-state index in [4.69, 9.17) is 0 Å². The average Bonchev–Trinajstić information content (AvgIpc) is 2.65. The van der Waals surface area contributed by atoms with E-state index in [0.29, 0.717) is 12.5 Å². The zero-order valence-corrected chi connectivity index (χ0v) is 11.7. The summed E-state index contributed by atoms with van der Waals surface area (Å²) in [6.07, 6.45) is -0.474. The minimum absolute atomic E-state index is 0.310. The van der Waals surface area contributed by atoms with Crippen LogP contribution in [0.5, 0.6) is 0 Å². The molecule has 104 valence electrons. The van der Waals surface area contributed by atoms with Crippen molar-refractivity contribution in [1.29, 1.82) is 0 Å². The maximum Gasteiger partial charge on any atom is 0.325 e. The van der Waals surface area contributed by atoms with E-state index in [1.165, 1.54) is 4.90 Å². The van der Waals surface area contributed by atoms with Crippen molar-refractivity contribution in [2.24, 2.45) is 4.99 Å². The lowest BCUT2D eigenvalue weighted by Crippen LogP contribution is -2.64. The van der Waals surface area contributed by atoms with Crippen LogP contribution in [0.15, 0.2) is 17.1 Å². The lowest BCUT2D eigenvalue weighted by Gasteiger charge is -2.36. The molecule has 2 unspecified atom stereocenters. The first-order valence-corrected chi connectivity index (χ1v) is 6.06. The lowest BCUT2D eigenvalue weighted by molar-refractivity contribution is -0.127. The van der Waals surface area contributed by atoms with E-state index in [1.807, 2.05) is 30.8 Å². The second-order valence-electron chi connectivity index (χ2n) is 5.17. The van der Waals surface area contributed by atoms with Gasteiger partial charge in [-0.3, -0.25) is 10.1 Å². The molecule has 0 saturated carbocycles. The lowest BCUT2D eigenvalue weighted by atomic mass is 10.1. The summed E-state index contributed by atoms with van der Waals surface area (Å²) >= 11 is 0. The SMILES string of the molecule is C=C(C)CN1C(N(C)C)=NC2C1C(=O)NC(=O)N2C. The van der Waals surface area contributed by atoms with Crippen molar-refractivity contribution >= 4 is 17.9 Å². The van der Waals surface area contributed by atoms with Crippen LogP contribution in [0.3, 0.4) is 0 Å². The highest BCUT2D eigenvalue weighted by atomic mass is 16.2. The molecule has 0 bridgehead atoms. The van der Waals surface area contributed by atoms with Crippen molar-refractivity contribution in [1.82, 2.24) is 20.0 Å². The number of guanidine groups is 1.